The number of aryl methyl sites for hydroxylation is 1. The number of hydrogen-bond donors (Lipinski definition) is 0. The van der Waals surface area contributed by atoms with E-state index in [0.29, 0.717) is 5.56 Å². The van der Waals surface area contributed by atoms with Crippen molar-refractivity contribution in [1.82, 2.24) is 0 Å². The quantitative estimate of drug-likeness (QED) is 0.734. The zero-order valence-electron chi connectivity index (χ0n) is 9.44. The fraction of sp³-hybridized carbons (Fsp3) is 0.143. The van der Waals surface area contributed by atoms with Crippen molar-refractivity contribution in [3.05, 3.63) is 59.9 Å². The Hall–Kier alpha value is -1.83. The molecule has 2 heteroatoms. The van der Waals surface area contributed by atoms with E-state index in [-0.39, 0.29) is 5.82 Å². The highest BCUT2D eigenvalue weighted by Crippen LogP contribution is 2.24. The maximum absolute atomic E-state index is 13.4. The second-order valence-corrected chi connectivity index (χ2v) is 3.83. The summed E-state index contributed by atoms with van der Waals surface area (Å²) < 4.78 is 13.4. The number of rotatable bonds is 2. The van der Waals surface area contributed by atoms with E-state index in [9.17, 15) is 4.39 Å². The van der Waals surface area contributed by atoms with Crippen LogP contribution in [0.25, 0.3) is 0 Å². The Labute approximate surface area is 95.1 Å². The molecular formula is C14H14FN. The highest BCUT2D eigenvalue weighted by atomic mass is 19.1. The number of hydrogen-bond acceptors (Lipinski definition) is 1. The van der Waals surface area contributed by atoms with Gasteiger partial charge in [0.1, 0.15) is 5.82 Å². The Morgan fingerprint density at radius 1 is 0.938 bits per heavy atom. The van der Waals surface area contributed by atoms with E-state index in [1.165, 1.54) is 0 Å². The van der Waals surface area contributed by atoms with Gasteiger partial charge in [0.25, 0.3) is 0 Å². The maximum atomic E-state index is 13.4. The zero-order chi connectivity index (χ0) is 11.5. The van der Waals surface area contributed by atoms with Crippen molar-refractivity contribution < 1.29 is 4.39 Å². The van der Waals surface area contributed by atoms with Gasteiger partial charge in [-0.25, -0.2) is 4.39 Å². The number of benzene rings is 2. The first-order valence-corrected chi connectivity index (χ1v) is 5.23. The molecule has 0 unspecified atom stereocenters. The van der Waals surface area contributed by atoms with Crippen LogP contribution in [0.5, 0.6) is 0 Å². The van der Waals surface area contributed by atoms with E-state index < -0.39 is 0 Å². The van der Waals surface area contributed by atoms with Gasteiger partial charge in [-0.3, -0.25) is 0 Å². The molecule has 0 N–H and O–H groups in total. The largest absolute Gasteiger partial charge is 0.345 e. The Morgan fingerprint density at radius 2 is 1.62 bits per heavy atom. The van der Waals surface area contributed by atoms with Gasteiger partial charge >= 0.3 is 0 Å². The minimum Gasteiger partial charge on any atom is -0.345 e. The molecule has 0 atom stereocenters. The first-order valence-electron chi connectivity index (χ1n) is 5.23. The molecule has 0 spiro atoms. The highest BCUT2D eigenvalue weighted by molar-refractivity contribution is 5.62. The average molecular weight is 215 g/mol. The van der Waals surface area contributed by atoms with E-state index in [0.717, 1.165) is 11.4 Å². The van der Waals surface area contributed by atoms with E-state index in [4.69, 9.17) is 0 Å². The lowest BCUT2D eigenvalue weighted by molar-refractivity contribution is 0.618. The first kappa shape index (κ1) is 10.7. The van der Waals surface area contributed by atoms with Gasteiger partial charge in [-0.15, -0.1) is 0 Å². The molecule has 0 aliphatic heterocycles. The molecule has 0 saturated carbocycles. The van der Waals surface area contributed by atoms with Crippen molar-refractivity contribution >= 4 is 11.4 Å². The van der Waals surface area contributed by atoms with Crippen molar-refractivity contribution in [2.24, 2.45) is 0 Å². The Morgan fingerprint density at radius 3 is 2.25 bits per heavy atom. The van der Waals surface area contributed by atoms with Crippen molar-refractivity contribution in [1.29, 1.82) is 0 Å². The van der Waals surface area contributed by atoms with Crippen LogP contribution in [0.1, 0.15) is 5.56 Å². The number of anilines is 2. The molecule has 0 heterocycles. The lowest BCUT2D eigenvalue weighted by Gasteiger charge is -2.19. The summed E-state index contributed by atoms with van der Waals surface area (Å²) in [7, 11) is 1.93. The summed E-state index contributed by atoms with van der Waals surface area (Å²) in [6, 6.07) is 15.2. The van der Waals surface area contributed by atoms with Gasteiger partial charge < -0.3 is 4.90 Å². The number of nitrogens with zero attached hydrogens (tertiary/aromatic N) is 1. The Balaban J connectivity index is 2.34. The fourth-order valence-corrected chi connectivity index (χ4v) is 1.59. The topological polar surface area (TPSA) is 3.24 Å². The summed E-state index contributed by atoms with van der Waals surface area (Å²) in [6.45, 7) is 1.77. The van der Waals surface area contributed by atoms with Crippen molar-refractivity contribution in [3.63, 3.8) is 0 Å². The average Bonchev–Trinajstić information content (AvgIpc) is 2.33. The van der Waals surface area contributed by atoms with Crippen LogP contribution in [0.4, 0.5) is 15.8 Å². The molecule has 0 aromatic heterocycles. The molecule has 0 amide bonds. The third kappa shape index (κ3) is 2.06. The van der Waals surface area contributed by atoms with Gasteiger partial charge in [-0.05, 0) is 36.8 Å². The van der Waals surface area contributed by atoms with E-state index >= 15 is 0 Å². The zero-order valence-corrected chi connectivity index (χ0v) is 9.44. The predicted octanol–water partition coefficient (Wildman–Crippen LogP) is 3.90. The SMILES string of the molecule is Cc1ccc(N(C)c2ccccc2)cc1F. The maximum Gasteiger partial charge on any atom is 0.128 e. The summed E-state index contributed by atoms with van der Waals surface area (Å²) in [5.74, 6) is -0.166. The van der Waals surface area contributed by atoms with Crippen LogP contribution in [-0.2, 0) is 0 Å². The lowest BCUT2D eigenvalue weighted by atomic mass is 10.2. The highest BCUT2D eigenvalue weighted by Gasteiger charge is 2.05. The van der Waals surface area contributed by atoms with Crippen molar-refractivity contribution in [3.8, 4) is 0 Å². The van der Waals surface area contributed by atoms with Crippen molar-refractivity contribution in [2.45, 2.75) is 6.92 Å². The molecule has 0 fully saturated rings. The van der Waals surface area contributed by atoms with E-state index in [1.807, 2.05) is 48.3 Å². The molecular weight excluding hydrogens is 201 g/mol. The normalized spacial score (nSPS) is 10.2. The van der Waals surface area contributed by atoms with Gasteiger partial charge in [-0.2, -0.15) is 0 Å². The van der Waals surface area contributed by atoms with Gasteiger partial charge in [-0.1, -0.05) is 24.3 Å². The summed E-state index contributed by atoms with van der Waals surface area (Å²) in [6.07, 6.45) is 0. The molecule has 0 bridgehead atoms. The second kappa shape index (κ2) is 4.35. The standard InChI is InChI=1S/C14H14FN/c1-11-8-9-13(10-14(11)15)16(2)12-6-4-3-5-7-12/h3-10H,1-2H3. The van der Waals surface area contributed by atoms with Crippen LogP contribution in [0.2, 0.25) is 0 Å². The van der Waals surface area contributed by atoms with Crippen LogP contribution >= 0.6 is 0 Å². The van der Waals surface area contributed by atoms with E-state index in [2.05, 4.69) is 0 Å². The molecule has 0 radical (unpaired) electrons. The van der Waals surface area contributed by atoms with Crippen molar-refractivity contribution in [2.75, 3.05) is 11.9 Å². The molecule has 2 rings (SSSR count). The monoisotopic (exact) mass is 215 g/mol. The lowest BCUT2D eigenvalue weighted by Crippen LogP contribution is -2.09. The van der Waals surface area contributed by atoms with Gasteiger partial charge in [0.05, 0.1) is 0 Å². The minimum absolute atomic E-state index is 0.166. The summed E-state index contributed by atoms with van der Waals surface area (Å²) >= 11 is 0. The summed E-state index contributed by atoms with van der Waals surface area (Å²) in [5, 5.41) is 0. The van der Waals surface area contributed by atoms with Crippen LogP contribution in [-0.4, -0.2) is 7.05 Å². The molecule has 1 nitrogen and oxygen atoms in total. The third-order valence-electron chi connectivity index (χ3n) is 2.69. The third-order valence-corrected chi connectivity index (χ3v) is 2.69. The fourth-order valence-electron chi connectivity index (χ4n) is 1.59. The number of para-hydroxylation sites is 1. The number of halogens is 1. The first-order chi connectivity index (χ1) is 7.68. The summed E-state index contributed by atoms with van der Waals surface area (Å²) in [5.41, 5.74) is 2.57. The predicted molar refractivity (Wildman–Crippen MR) is 65.6 cm³/mol. The van der Waals surface area contributed by atoms with E-state index in [1.54, 1.807) is 19.1 Å². The molecule has 2 aromatic carbocycles. The molecule has 82 valence electrons. The van der Waals surface area contributed by atoms with Gasteiger partial charge in [0.2, 0.25) is 0 Å². The van der Waals surface area contributed by atoms with Gasteiger partial charge in [0.15, 0.2) is 0 Å². The van der Waals surface area contributed by atoms with Crippen LogP contribution in [0.3, 0.4) is 0 Å². The molecule has 0 aliphatic rings. The molecule has 0 aliphatic carbocycles. The minimum atomic E-state index is -0.166. The molecule has 2 aromatic rings. The molecule has 0 saturated heterocycles. The van der Waals surface area contributed by atoms with Crippen LogP contribution in [0, 0.1) is 12.7 Å². The van der Waals surface area contributed by atoms with Gasteiger partial charge in [0, 0.05) is 18.4 Å². The Bertz CT molecular complexity index is 479. The van der Waals surface area contributed by atoms with Crippen LogP contribution in [0.15, 0.2) is 48.5 Å². The molecule has 16 heavy (non-hydrogen) atoms. The Kier molecular flexibility index (Phi) is 2.91. The summed E-state index contributed by atoms with van der Waals surface area (Å²) in [4.78, 5) is 1.96. The smallest absolute Gasteiger partial charge is 0.128 e. The second-order valence-electron chi connectivity index (χ2n) is 3.83. The van der Waals surface area contributed by atoms with Crippen LogP contribution < -0.4 is 4.90 Å².